The van der Waals surface area contributed by atoms with Gasteiger partial charge in [-0.25, -0.2) is 4.98 Å². The molecule has 2 rings (SSSR count). The first-order valence-electron chi connectivity index (χ1n) is 6.22. The van der Waals surface area contributed by atoms with Crippen LogP contribution >= 0.6 is 11.6 Å². The molecule has 1 aromatic heterocycles. The molecule has 2 aromatic rings. The number of ether oxygens (including phenoxy) is 2. The second kappa shape index (κ2) is 6.13. The van der Waals surface area contributed by atoms with E-state index in [0.29, 0.717) is 28.2 Å². The molecule has 6 nitrogen and oxygen atoms in total. The maximum absolute atomic E-state index is 12.5. The lowest BCUT2D eigenvalue weighted by atomic mass is 10.2. The summed E-state index contributed by atoms with van der Waals surface area (Å²) in [6.07, 6.45) is 0. The fourth-order valence-corrected chi connectivity index (χ4v) is 2.29. The first-order valence-corrected chi connectivity index (χ1v) is 6.76. The summed E-state index contributed by atoms with van der Waals surface area (Å²) in [7, 11) is 2.99. The molecule has 0 aliphatic rings. The van der Waals surface area contributed by atoms with Crippen molar-refractivity contribution in [2.45, 2.75) is 19.3 Å². The van der Waals surface area contributed by atoms with Gasteiger partial charge in [-0.15, -0.1) is 11.6 Å². The maximum Gasteiger partial charge on any atom is 0.261 e. The molecule has 0 N–H and O–H groups in total. The number of ketones is 1. The molecule has 0 fully saturated rings. The highest BCUT2D eigenvalue weighted by molar-refractivity contribution is 6.16. The van der Waals surface area contributed by atoms with Gasteiger partial charge in [-0.05, 0) is 13.0 Å². The topological polar surface area (TPSA) is 70.4 Å². The minimum absolute atomic E-state index is 0.0345. The van der Waals surface area contributed by atoms with Gasteiger partial charge in [-0.3, -0.25) is 14.2 Å². The summed E-state index contributed by atoms with van der Waals surface area (Å²) in [6.45, 7) is 1.35. The zero-order valence-electron chi connectivity index (χ0n) is 12.0. The molecule has 0 saturated carbocycles. The van der Waals surface area contributed by atoms with Crippen molar-refractivity contribution in [1.29, 1.82) is 0 Å². The van der Waals surface area contributed by atoms with Gasteiger partial charge in [0.25, 0.3) is 5.56 Å². The summed E-state index contributed by atoms with van der Waals surface area (Å²) in [6, 6.07) is 3.17. The van der Waals surface area contributed by atoms with Crippen LogP contribution in [0.1, 0.15) is 12.7 Å². The van der Waals surface area contributed by atoms with E-state index in [1.807, 2.05) is 0 Å². The quantitative estimate of drug-likeness (QED) is 0.787. The number of carbonyl (C=O) groups excluding carboxylic acids is 1. The van der Waals surface area contributed by atoms with Crippen molar-refractivity contribution in [2.24, 2.45) is 0 Å². The SMILES string of the molecule is COc1cc2nc(CCl)n(CC(C)=O)c(=O)c2cc1OC. The van der Waals surface area contributed by atoms with E-state index in [1.165, 1.54) is 25.7 Å². The number of fused-ring (bicyclic) bond motifs is 1. The van der Waals surface area contributed by atoms with Crippen molar-refractivity contribution in [1.82, 2.24) is 9.55 Å². The molecule has 0 aliphatic heterocycles. The molecule has 7 heteroatoms. The summed E-state index contributed by atoms with van der Waals surface area (Å²) >= 11 is 5.83. The first-order chi connectivity index (χ1) is 10.0. The molecular weight excluding hydrogens is 296 g/mol. The van der Waals surface area contributed by atoms with Crippen LogP contribution in [0.5, 0.6) is 11.5 Å². The van der Waals surface area contributed by atoms with Gasteiger partial charge in [0, 0.05) is 6.07 Å². The molecule has 0 radical (unpaired) electrons. The Morgan fingerprint density at radius 1 is 1.29 bits per heavy atom. The summed E-state index contributed by atoms with van der Waals surface area (Å²) in [5, 5.41) is 0.350. The number of benzene rings is 1. The van der Waals surface area contributed by atoms with Crippen LogP contribution in [0.3, 0.4) is 0 Å². The molecule has 0 amide bonds. The highest BCUT2D eigenvalue weighted by Crippen LogP contribution is 2.30. The Bertz CT molecular complexity index is 755. The molecule has 1 heterocycles. The largest absolute Gasteiger partial charge is 0.493 e. The number of alkyl halides is 1. The predicted molar refractivity (Wildman–Crippen MR) is 79.3 cm³/mol. The summed E-state index contributed by atoms with van der Waals surface area (Å²) < 4.78 is 11.7. The van der Waals surface area contributed by atoms with Crippen LogP contribution in [-0.2, 0) is 17.2 Å². The van der Waals surface area contributed by atoms with Crippen molar-refractivity contribution in [3.63, 3.8) is 0 Å². The van der Waals surface area contributed by atoms with Crippen LogP contribution in [0, 0.1) is 0 Å². The lowest BCUT2D eigenvalue weighted by Gasteiger charge is -2.12. The molecule has 0 spiro atoms. The van der Waals surface area contributed by atoms with Crippen molar-refractivity contribution in [3.8, 4) is 11.5 Å². The molecule has 0 bridgehead atoms. The molecule has 1 aromatic carbocycles. The molecular formula is C14H15ClN2O4. The van der Waals surface area contributed by atoms with Crippen molar-refractivity contribution in [3.05, 3.63) is 28.3 Å². The standard InChI is InChI=1S/C14H15ClN2O4/c1-8(18)7-17-13(6-15)16-10-5-12(21-3)11(20-2)4-9(10)14(17)19/h4-5H,6-7H2,1-3H3. The Morgan fingerprint density at radius 2 is 1.90 bits per heavy atom. The van der Waals surface area contributed by atoms with Crippen molar-refractivity contribution < 1.29 is 14.3 Å². The normalized spacial score (nSPS) is 10.7. The van der Waals surface area contributed by atoms with E-state index in [-0.39, 0.29) is 23.8 Å². The Morgan fingerprint density at radius 3 is 2.43 bits per heavy atom. The molecule has 0 saturated heterocycles. The average molecular weight is 311 g/mol. The zero-order valence-corrected chi connectivity index (χ0v) is 12.7. The van der Waals surface area contributed by atoms with Gasteiger partial charge in [0.15, 0.2) is 11.5 Å². The first kappa shape index (κ1) is 15.3. The molecule has 0 atom stereocenters. The van der Waals surface area contributed by atoms with Crippen LogP contribution in [0.15, 0.2) is 16.9 Å². The number of methoxy groups -OCH3 is 2. The number of halogens is 1. The van der Waals surface area contributed by atoms with E-state index in [2.05, 4.69) is 4.98 Å². The van der Waals surface area contributed by atoms with Gasteiger partial charge in [-0.2, -0.15) is 0 Å². The van der Waals surface area contributed by atoms with Gasteiger partial charge >= 0.3 is 0 Å². The van der Waals surface area contributed by atoms with Gasteiger partial charge in [0.1, 0.15) is 11.6 Å². The molecule has 0 unspecified atom stereocenters. The number of nitrogens with zero attached hydrogens (tertiary/aromatic N) is 2. The third-order valence-corrected chi connectivity index (χ3v) is 3.28. The number of hydrogen-bond donors (Lipinski definition) is 0. The third-order valence-electron chi connectivity index (χ3n) is 3.04. The zero-order chi connectivity index (χ0) is 15.6. The van der Waals surface area contributed by atoms with E-state index in [4.69, 9.17) is 21.1 Å². The smallest absolute Gasteiger partial charge is 0.261 e. The fourth-order valence-electron chi connectivity index (χ4n) is 2.08. The van der Waals surface area contributed by atoms with Crippen LogP contribution in [0.4, 0.5) is 0 Å². The third kappa shape index (κ3) is 2.85. The molecule has 112 valence electrons. The lowest BCUT2D eigenvalue weighted by Crippen LogP contribution is -2.27. The Hall–Kier alpha value is -2.08. The number of Topliss-reactive ketones (excluding diaryl/α,β-unsaturated/α-hetero) is 1. The van der Waals surface area contributed by atoms with E-state index < -0.39 is 0 Å². The second-order valence-electron chi connectivity index (χ2n) is 4.48. The molecule has 0 aliphatic carbocycles. The Balaban J connectivity index is 2.80. The summed E-state index contributed by atoms with van der Waals surface area (Å²) in [4.78, 5) is 28.2. The minimum atomic E-state index is -0.327. The highest BCUT2D eigenvalue weighted by atomic mass is 35.5. The van der Waals surface area contributed by atoms with E-state index in [1.54, 1.807) is 12.1 Å². The van der Waals surface area contributed by atoms with E-state index >= 15 is 0 Å². The van der Waals surface area contributed by atoms with Crippen LogP contribution in [0.2, 0.25) is 0 Å². The second-order valence-corrected chi connectivity index (χ2v) is 4.75. The van der Waals surface area contributed by atoms with E-state index in [9.17, 15) is 9.59 Å². The molecule has 21 heavy (non-hydrogen) atoms. The number of aromatic nitrogens is 2. The maximum atomic E-state index is 12.5. The monoisotopic (exact) mass is 310 g/mol. The number of carbonyl (C=O) groups is 1. The highest BCUT2D eigenvalue weighted by Gasteiger charge is 2.15. The Kier molecular flexibility index (Phi) is 4.47. The van der Waals surface area contributed by atoms with Gasteiger partial charge in [0.2, 0.25) is 0 Å². The van der Waals surface area contributed by atoms with Crippen LogP contribution in [-0.4, -0.2) is 29.6 Å². The summed E-state index contributed by atoms with van der Waals surface area (Å²) in [5.74, 6) is 1.13. The average Bonchev–Trinajstić information content (AvgIpc) is 2.48. The van der Waals surface area contributed by atoms with Crippen LogP contribution < -0.4 is 15.0 Å². The van der Waals surface area contributed by atoms with Gasteiger partial charge in [0.05, 0.1) is 37.5 Å². The van der Waals surface area contributed by atoms with Gasteiger partial charge in [-0.1, -0.05) is 0 Å². The van der Waals surface area contributed by atoms with Crippen molar-refractivity contribution in [2.75, 3.05) is 14.2 Å². The van der Waals surface area contributed by atoms with E-state index in [0.717, 1.165) is 0 Å². The number of hydrogen-bond acceptors (Lipinski definition) is 5. The number of rotatable bonds is 5. The van der Waals surface area contributed by atoms with Gasteiger partial charge < -0.3 is 9.47 Å². The van der Waals surface area contributed by atoms with Crippen molar-refractivity contribution >= 4 is 28.3 Å². The lowest BCUT2D eigenvalue weighted by molar-refractivity contribution is -0.117. The fraction of sp³-hybridized carbons (Fsp3) is 0.357. The predicted octanol–water partition coefficient (Wildman–Crippen LogP) is 1.74. The Labute approximate surface area is 126 Å². The minimum Gasteiger partial charge on any atom is -0.493 e. The summed E-state index contributed by atoms with van der Waals surface area (Å²) in [5.41, 5.74) is 0.125. The van der Waals surface area contributed by atoms with Crippen LogP contribution in [0.25, 0.3) is 10.9 Å².